The summed E-state index contributed by atoms with van der Waals surface area (Å²) in [5, 5.41) is 2.89. The number of nitrogens with zero attached hydrogens (tertiary/aromatic N) is 1. The van der Waals surface area contributed by atoms with E-state index in [0.717, 1.165) is 0 Å². The summed E-state index contributed by atoms with van der Waals surface area (Å²) in [6, 6.07) is 0. The van der Waals surface area contributed by atoms with Crippen LogP contribution in [0.3, 0.4) is 0 Å². The molecule has 118 valence electrons. The SMILES string of the molecule is COC(=O)c1c(Cl)c(Br)cn1CCNC(=O)OC(C)(C)C. The molecule has 0 aliphatic heterocycles. The standard InChI is InChI=1S/C13H18BrClN2O4/c1-13(2,3)21-12(19)16-5-6-17-7-8(14)9(15)10(17)11(18)20-4/h7H,5-6H2,1-4H3,(H,16,19). The van der Waals surface area contributed by atoms with E-state index in [1.165, 1.54) is 7.11 Å². The molecule has 1 rings (SSSR count). The maximum absolute atomic E-state index is 11.7. The number of rotatable bonds is 4. The van der Waals surface area contributed by atoms with Crippen LogP contribution in [0.2, 0.25) is 5.02 Å². The number of carbonyl (C=O) groups excluding carboxylic acids is 2. The Hall–Kier alpha value is -1.21. The van der Waals surface area contributed by atoms with Crippen LogP contribution < -0.4 is 5.32 Å². The molecule has 0 radical (unpaired) electrons. The van der Waals surface area contributed by atoms with E-state index in [1.807, 2.05) is 0 Å². The number of carbonyl (C=O) groups is 2. The Morgan fingerprint density at radius 1 is 1.43 bits per heavy atom. The first-order valence-corrected chi connectivity index (χ1v) is 7.42. The third-order valence-electron chi connectivity index (χ3n) is 2.37. The molecule has 0 aromatic carbocycles. The molecule has 1 amide bonds. The predicted octanol–water partition coefficient (Wildman–Crippen LogP) is 3.22. The van der Waals surface area contributed by atoms with Gasteiger partial charge >= 0.3 is 12.1 Å². The lowest BCUT2D eigenvalue weighted by Crippen LogP contribution is -2.34. The van der Waals surface area contributed by atoms with Crippen LogP contribution in [0.15, 0.2) is 10.7 Å². The summed E-state index contributed by atoms with van der Waals surface area (Å²) in [5.74, 6) is -0.539. The van der Waals surface area contributed by atoms with Gasteiger partial charge in [0.05, 0.1) is 16.6 Å². The lowest BCUT2D eigenvalue weighted by atomic mass is 10.2. The maximum Gasteiger partial charge on any atom is 0.407 e. The fourth-order valence-electron chi connectivity index (χ4n) is 1.57. The molecular weight excluding hydrogens is 364 g/mol. The second-order valence-corrected chi connectivity index (χ2v) is 6.49. The van der Waals surface area contributed by atoms with Gasteiger partial charge in [0, 0.05) is 19.3 Å². The van der Waals surface area contributed by atoms with Crippen LogP contribution in [0.1, 0.15) is 31.3 Å². The molecule has 1 N–H and O–H groups in total. The summed E-state index contributed by atoms with van der Waals surface area (Å²) >= 11 is 9.29. The van der Waals surface area contributed by atoms with Crippen molar-refractivity contribution in [2.45, 2.75) is 32.9 Å². The first-order valence-electron chi connectivity index (χ1n) is 6.25. The molecule has 0 spiro atoms. The molecule has 0 saturated carbocycles. The zero-order valence-electron chi connectivity index (χ0n) is 12.3. The molecule has 1 aromatic rings. The number of ether oxygens (including phenoxy) is 2. The quantitative estimate of drug-likeness (QED) is 0.813. The molecule has 0 saturated heterocycles. The molecule has 0 fully saturated rings. The number of halogens is 2. The van der Waals surface area contributed by atoms with Crippen molar-refractivity contribution in [3.05, 3.63) is 21.4 Å². The molecule has 0 unspecified atom stereocenters. The number of methoxy groups -OCH3 is 1. The van der Waals surface area contributed by atoms with Gasteiger partial charge in [0.2, 0.25) is 0 Å². The van der Waals surface area contributed by atoms with Gasteiger partial charge < -0.3 is 19.4 Å². The third kappa shape index (κ3) is 5.24. The fourth-order valence-corrected chi connectivity index (χ4v) is 2.24. The summed E-state index contributed by atoms with van der Waals surface area (Å²) in [5.41, 5.74) is -0.321. The van der Waals surface area contributed by atoms with E-state index in [2.05, 4.69) is 26.0 Å². The largest absolute Gasteiger partial charge is 0.464 e. The molecule has 0 bridgehead atoms. The fraction of sp³-hybridized carbons (Fsp3) is 0.538. The van der Waals surface area contributed by atoms with E-state index >= 15 is 0 Å². The van der Waals surface area contributed by atoms with Crippen molar-refractivity contribution in [3.63, 3.8) is 0 Å². The molecule has 6 nitrogen and oxygen atoms in total. The van der Waals surface area contributed by atoms with E-state index < -0.39 is 17.7 Å². The van der Waals surface area contributed by atoms with Crippen molar-refractivity contribution in [3.8, 4) is 0 Å². The van der Waals surface area contributed by atoms with Crippen molar-refractivity contribution in [1.29, 1.82) is 0 Å². The molecule has 8 heteroatoms. The maximum atomic E-state index is 11.7. The normalized spacial score (nSPS) is 11.1. The number of alkyl carbamates (subject to hydrolysis) is 1. The zero-order chi connectivity index (χ0) is 16.2. The van der Waals surface area contributed by atoms with Gasteiger partial charge in [-0.15, -0.1) is 0 Å². The predicted molar refractivity (Wildman–Crippen MR) is 82.7 cm³/mol. The van der Waals surface area contributed by atoms with Crippen LogP contribution in [0.5, 0.6) is 0 Å². The average Bonchev–Trinajstić information content (AvgIpc) is 2.62. The van der Waals surface area contributed by atoms with Crippen LogP contribution in [0.4, 0.5) is 4.79 Å². The van der Waals surface area contributed by atoms with Gasteiger partial charge in [0.15, 0.2) is 0 Å². The van der Waals surface area contributed by atoms with Gasteiger partial charge in [0.1, 0.15) is 11.3 Å². The Balaban J connectivity index is 2.66. The first-order chi connectivity index (χ1) is 9.65. The van der Waals surface area contributed by atoms with E-state index in [1.54, 1.807) is 31.5 Å². The minimum Gasteiger partial charge on any atom is -0.464 e. The minimum atomic E-state index is -0.555. The number of esters is 1. The monoisotopic (exact) mass is 380 g/mol. The number of hydrogen-bond acceptors (Lipinski definition) is 4. The van der Waals surface area contributed by atoms with Gasteiger partial charge in [-0.2, -0.15) is 0 Å². The Kier molecular flexibility index (Phi) is 6.10. The second-order valence-electron chi connectivity index (χ2n) is 5.25. The lowest BCUT2D eigenvalue weighted by Gasteiger charge is -2.19. The number of aromatic nitrogens is 1. The summed E-state index contributed by atoms with van der Waals surface area (Å²) in [4.78, 5) is 23.2. The number of nitrogens with one attached hydrogen (secondary N) is 1. The minimum absolute atomic E-state index is 0.233. The van der Waals surface area contributed by atoms with Crippen LogP contribution in [-0.2, 0) is 16.0 Å². The smallest absolute Gasteiger partial charge is 0.407 e. The molecule has 0 aliphatic rings. The van der Waals surface area contributed by atoms with Crippen molar-refractivity contribution in [1.82, 2.24) is 9.88 Å². The Bertz CT molecular complexity index is 537. The molecular formula is C13H18BrClN2O4. The number of amides is 1. The summed E-state index contributed by atoms with van der Waals surface area (Å²) in [6.45, 7) is 5.99. The van der Waals surface area contributed by atoms with Crippen LogP contribution >= 0.6 is 27.5 Å². The van der Waals surface area contributed by atoms with E-state index in [9.17, 15) is 9.59 Å². The summed E-state index contributed by atoms with van der Waals surface area (Å²) in [7, 11) is 1.28. The van der Waals surface area contributed by atoms with E-state index in [4.69, 9.17) is 16.3 Å². The lowest BCUT2D eigenvalue weighted by molar-refractivity contribution is 0.0526. The first kappa shape index (κ1) is 17.8. The molecule has 1 aromatic heterocycles. The highest BCUT2D eigenvalue weighted by atomic mass is 79.9. The highest BCUT2D eigenvalue weighted by Gasteiger charge is 2.20. The Labute approximate surface area is 136 Å². The molecule has 21 heavy (non-hydrogen) atoms. The Morgan fingerprint density at radius 3 is 2.57 bits per heavy atom. The zero-order valence-corrected chi connectivity index (χ0v) is 14.7. The van der Waals surface area contributed by atoms with Crippen molar-refractivity contribution >= 4 is 39.6 Å². The second kappa shape index (κ2) is 7.17. The van der Waals surface area contributed by atoms with Crippen LogP contribution in [0, 0.1) is 0 Å². The van der Waals surface area contributed by atoms with Crippen molar-refractivity contribution in [2.24, 2.45) is 0 Å². The highest BCUT2D eigenvalue weighted by molar-refractivity contribution is 9.10. The summed E-state index contributed by atoms with van der Waals surface area (Å²) in [6.07, 6.45) is 1.14. The van der Waals surface area contributed by atoms with Crippen molar-refractivity contribution < 1.29 is 19.1 Å². The highest BCUT2D eigenvalue weighted by Crippen LogP contribution is 2.28. The topological polar surface area (TPSA) is 69.6 Å². The summed E-state index contributed by atoms with van der Waals surface area (Å²) < 4.78 is 12.0. The number of hydrogen-bond donors (Lipinski definition) is 1. The van der Waals surface area contributed by atoms with Gasteiger partial charge in [-0.3, -0.25) is 0 Å². The van der Waals surface area contributed by atoms with Crippen LogP contribution in [0.25, 0.3) is 0 Å². The molecule has 0 aliphatic carbocycles. The van der Waals surface area contributed by atoms with Gasteiger partial charge in [-0.1, -0.05) is 11.6 Å². The molecule has 0 atom stereocenters. The van der Waals surface area contributed by atoms with Gasteiger partial charge in [0.25, 0.3) is 0 Å². The van der Waals surface area contributed by atoms with Gasteiger partial charge in [-0.25, -0.2) is 9.59 Å². The Morgan fingerprint density at radius 2 is 2.05 bits per heavy atom. The van der Waals surface area contributed by atoms with Crippen LogP contribution in [-0.4, -0.2) is 35.9 Å². The van der Waals surface area contributed by atoms with Crippen molar-refractivity contribution in [2.75, 3.05) is 13.7 Å². The molecule has 1 heterocycles. The third-order valence-corrected chi connectivity index (χ3v) is 3.59. The van der Waals surface area contributed by atoms with E-state index in [-0.39, 0.29) is 17.3 Å². The van der Waals surface area contributed by atoms with Gasteiger partial charge in [-0.05, 0) is 36.7 Å². The average molecular weight is 382 g/mol. The van der Waals surface area contributed by atoms with E-state index in [0.29, 0.717) is 11.0 Å².